The molecule has 1 amide bonds. The summed E-state index contributed by atoms with van der Waals surface area (Å²) >= 11 is 1.74. The molecule has 1 rings (SSSR count). The first-order valence-corrected chi connectivity index (χ1v) is 5.77. The second-order valence-electron chi connectivity index (χ2n) is 3.35. The Bertz CT molecular complexity index is 216. The van der Waals surface area contributed by atoms with Crippen molar-refractivity contribution in [2.75, 3.05) is 24.6 Å². The molecule has 0 saturated carbocycles. The minimum atomic E-state index is -4.26. The van der Waals surface area contributed by atoms with E-state index in [4.69, 9.17) is 0 Å². The van der Waals surface area contributed by atoms with Crippen LogP contribution in [0.25, 0.3) is 0 Å². The van der Waals surface area contributed by atoms with Crippen molar-refractivity contribution >= 4 is 17.7 Å². The number of halogens is 3. The highest BCUT2D eigenvalue weighted by Gasteiger charge is 2.26. The molecule has 0 aliphatic carbocycles. The lowest BCUT2D eigenvalue weighted by Crippen LogP contribution is -2.42. The van der Waals surface area contributed by atoms with Crippen LogP contribution < -0.4 is 10.6 Å². The van der Waals surface area contributed by atoms with E-state index in [1.54, 1.807) is 11.8 Å². The smallest absolute Gasteiger partial charge is 0.351 e. The zero-order chi connectivity index (χ0) is 11.3. The molecule has 15 heavy (non-hydrogen) atoms. The Balaban J connectivity index is 2.08. The quantitative estimate of drug-likeness (QED) is 0.764. The van der Waals surface area contributed by atoms with Crippen LogP contribution >= 0.6 is 11.8 Å². The van der Waals surface area contributed by atoms with Gasteiger partial charge in [-0.1, -0.05) is 0 Å². The van der Waals surface area contributed by atoms with Gasteiger partial charge in [0.2, 0.25) is 5.91 Å². The maximum Gasteiger partial charge on any atom is 0.401 e. The van der Waals surface area contributed by atoms with E-state index in [1.165, 1.54) is 0 Å². The fourth-order valence-corrected chi connectivity index (χ4v) is 2.40. The molecule has 0 bridgehead atoms. The van der Waals surface area contributed by atoms with Gasteiger partial charge in [0.25, 0.3) is 0 Å². The summed E-state index contributed by atoms with van der Waals surface area (Å²) in [5.74, 6) is 1.48. The van der Waals surface area contributed by atoms with E-state index in [1.807, 2.05) is 0 Å². The van der Waals surface area contributed by atoms with Crippen molar-refractivity contribution in [1.29, 1.82) is 0 Å². The number of carbonyl (C=O) groups excluding carboxylic acids is 1. The number of rotatable bonds is 4. The molecule has 1 atom stereocenters. The van der Waals surface area contributed by atoms with E-state index < -0.39 is 12.7 Å². The molecular weight excluding hydrogens is 229 g/mol. The molecule has 2 N–H and O–H groups in total. The lowest BCUT2D eigenvalue weighted by Gasteiger charge is -2.12. The average Bonchev–Trinajstić information content (AvgIpc) is 2.54. The number of alkyl halides is 3. The van der Waals surface area contributed by atoms with Crippen molar-refractivity contribution in [1.82, 2.24) is 10.6 Å². The Labute approximate surface area is 90.2 Å². The minimum Gasteiger partial charge on any atom is -0.351 e. The first-order chi connectivity index (χ1) is 6.97. The SMILES string of the molecule is O=C(CNCC(F)(F)F)NC1CCSC1. The minimum absolute atomic E-state index is 0.121. The highest BCUT2D eigenvalue weighted by Crippen LogP contribution is 2.16. The lowest BCUT2D eigenvalue weighted by atomic mass is 10.2. The Morgan fingerprint density at radius 3 is 2.73 bits per heavy atom. The standard InChI is InChI=1S/C8H13F3N2OS/c9-8(10,11)5-12-3-7(14)13-6-1-2-15-4-6/h6,12H,1-5H2,(H,13,14). The molecule has 1 unspecified atom stereocenters. The summed E-state index contributed by atoms with van der Waals surface area (Å²) in [4.78, 5) is 11.1. The van der Waals surface area contributed by atoms with Gasteiger partial charge < -0.3 is 10.6 Å². The monoisotopic (exact) mass is 242 g/mol. The van der Waals surface area contributed by atoms with Gasteiger partial charge in [0.15, 0.2) is 0 Å². The maximum absolute atomic E-state index is 11.7. The van der Waals surface area contributed by atoms with Crippen molar-refractivity contribution in [2.45, 2.75) is 18.6 Å². The predicted molar refractivity (Wildman–Crippen MR) is 52.8 cm³/mol. The van der Waals surface area contributed by atoms with Gasteiger partial charge in [0.1, 0.15) is 0 Å². The van der Waals surface area contributed by atoms with Crippen molar-refractivity contribution in [3.8, 4) is 0 Å². The van der Waals surface area contributed by atoms with Gasteiger partial charge in [-0.05, 0) is 12.2 Å². The zero-order valence-corrected chi connectivity index (χ0v) is 8.88. The van der Waals surface area contributed by atoms with Gasteiger partial charge in [-0.2, -0.15) is 24.9 Å². The van der Waals surface area contributed by atoms with Crippen LogP contribution in [-0.4, -0.2) is 42.7 Å². The van der Waals surface area contributed by atoms with E-state index in [9.17, 15) is 18.0 Å². The second-order valence-corrected chi connectivity index (χ2v) is 4.50. The Hall–Kier alpha value is -0.430. The molecule has 1 fully saturated rings. The number of carbonyl (C=O) groups is 1. The van der Waals surface area contributed by atoms with Crippen LogP contribution in [0, 0.1) is 0 Å². The molecule has 7 heteroatoms. The van der Waals surface area contributed by atoms with Crippen LogP contribution in [0.2, 0.25) is 0 Å². The molecule has 88 valence electrons. The molecule has 3 nitrogen and oxygen atoms in total. The Morgan fingerprint density at radius 2 is 2.20 bits per heavy atom. The summed E-state index contributed by atoms with van der Waals surface area (Å²) in [6.07, 6.45) is -3.36. The Morgan fingerprint density at radius 1 is 1.47 bits per heavy atom. The van der Waals surface area contributed by atoms with E-state index in [-0.39, 0.29) is 18.5 Å². The number of hydrogen-bond acceptors (Lipinski definition) is 3. The third-order valence-electron chi connectivity index (χ3n) is 1.91. The summed E-state index contributed by atoms with van der Waals surface area (Å²) in [5.41, 5.74) is 0. The molecule has 1 aliphatic rings. The van der Waals surface area contributed by atoms with Gasteiger partial charge in [-0.25, -0.2) is 0 Å². The molecule has 0 aromatic heterocycles. The molecule has 0 aromatic rings. The van der Waals surface area contributed by atoms with Crippen molar-refractivity contribution in [3.05, 3.63) is 0 Å². The third-order valence-corrected chi connectivity index (χ3v) is 3.07. The summed E-state index contributed by atoms with van der Waals surface area (Å²) in [6.45, 7) is -1.40. The first kappa shape index (κ1) is 12.6. The largest absolute Gasteiger partial charge is 0.401 e. The molecule has 0 aromatic carbocycles. The average molecular weight is 242 g/mol. The van der Waals surface area contributed by atoms with Crippen LogP contribution in [0.3, 0.4) is 0 Å². The summed E-state index contributed by atoms with van der Waals surface area (Å²) < 4.78 is 35.1. The fraction of sp³-hybridized carbons (Fsp3) is 0.875. The van der Waals surface area contributed by atoms with Crippen LogP contribution in [0.1, 0.15) is 6.42 Å². The molecular formula is C8H13F3N2OS. The number of thioether (sulfide) groups is 1. The van der Waals surface area contributed by atoms with Gasteiger partial charge in [-0.15, -0.1) is 0 Å². The van der Waals surface area contributed by atoms with E-state index in [0.29, 0.717) is 0 Å². The summed E-state index contributed by atoms with van der Waals surface area (Å²) in [6, 6.07) is 0.121. The van der Waals surface area contributed by atoms with Gasteiger partial charge in [-0.3, -0.25) is 4.79 Å². The molecule has 0 spiro atoms. The van der Waals surface area contributed by atoms with E-state index in [2.05, 4.69) is 10.6 Å². The van der Waals surface area contributed by atoms with Crippen molar-refractivity contribution in [3.63, 3.8) is 0 Å². The predicted octanol–water partition coefficient (Wildman–Crippen LogP) is 0.760. The molecule has 1 heterocycles. The topological polar surface area (TPSA) is 41.1 Å². The third kappa shape index (κ3) is 5.88. The molecule has 1 aliphatic heterocycles. The van der Waals surface area contributed by atoms with Crippen LogP contribution in [0.4, 0.5) is 13.2 Å². The fourth-order valence-electron chi connectivity index (χ4n) is 1.24. The van der Waals surface area contributed by atoms with Crippen molar-refractivity contribution in [2.24, 2.45) is 0 Å². The molecule has 0 radical (unpaired) electrons. The summed E-state index contributed by atoms with van der Waals surface area (Å²) in [5, 5.41) is 4.73. The van der Waals surface area contributed by atoms with Crippen LogP contribution in [0.15, 0.2) is 0 Å². The van der Waals surface area contributed by atoms with E-state index in [0.717, 1.165) is 17.9 Å². The lowest BCUT2D eigenvalue weighted by molar-refractivity contribution is -0.128. The Kier molecular flexibility index (Phi) is 4.72. The highest BCUT2D eigenvalue weighted by molar-refractivity contribution is 7.99. The number of amides is 1. The van der Waals surface area contributed by atoms with Crippen LogP contribution in [-0.2, 0) is 4.79 Å². The van der Waals surface area contributed by atoms with Crippen molar-refractivity contribution < 1.29 is 18.0 Å². The van der Waals surface area contributed by atoms with Crippen LogP contribution in [0.5, 0.6) is 0 Å². The normalized spacial score (nSPS) is 21.7. The first-order valence-electron chi connectivity index (χ1n) is 4.62. The second kappa shape index (κ2) is 5.60. The zero-order valence-electron chi connectivity index (χ0n) is 8.06. The number of hydrogen-bond donors (Lipinski definition) is 2. The van der Waals surface area contributed by atoms with E-state index >= 15 is 0 Å². The highest BCUT2D eigenvalue weighted by atomic mass is 32.2. The van der Waals surface area contributed by atoms with Gasteiger partial charge in [0.05, 0.1) is 13.1 Å². The van der Waals surface area contributed by atoms with Gasteiger partial charge >= 0.3 is 6.18 Å². The maximum atomic E-state index is 11.7. The summed E-state index contributed by atoms with van der Waals surface area (Å²) in [7, 11) is 0. The van der Waals surface area contributed by atoms with Gasteiger partial charge in [0, 0.05) is 11.8 Å². The molecule has 1 saturated heterocycles. The number of nitrogens with one attached hydrogen (secondary N) is 2.